The van der Waals surface area contributed by atoms with Crippen molar-refractivity contribution in [2.75, 3.05) is 0 Å². The second kappa shape index (κ2) is 4.36. The van der Waals surface area contributed by atoms with E-state index in [1.807, 2.05) is 0 Å². The highest BCUT2D eigenvalue weighted by Gasteiger charge is 2.51. The molecule has 1 atom stereocenters. The Bertz CT molecular complexity index is 465. The smallest absolute Gasteiger partial charge is 0.403 e. The molecule has 0 saturated carbocycles. The molecule has 1 aromatic carbocycles. The van der Waals surface area contributed by atoms with Gasteiger partial charge in [0.15, 0.2) is 0 Å². The Balaban J connectivity index is 1.72. The van der Waals surface area contributed by atoms with Gasteiger partial charge in [0.25, 0.3) is 0 Å². The Hall–Kier alpha value is -0.795. The largest absolute Gasteiger partial charge is 0.458 e. The lowest BCUT2D eigenvalue weighted by Crippen LogP contribution is -2.41. The number of fused-ring (bicyclic) bond motifs is 1. The molecule has 0 N–H and O–H groups in total. The van der Waals surface area contributed by atoms with Crippen LogP contribution in [0.1, 0.15) is 51.2 Å². The van der Waals surface area contributed by atoms with Crippen molar-refractivity contribution >= 4 is 7.12 Å². The Morgan fingerprint density at radius 2 is 1.74 bits per heavy atom. The molecule has 3 heteroatoms. The van der Waals surface area contributed by atoms with Gasteiger partial charge in [0.1, 0.15) is 0 Å². The summed E-state index contributed by atoms with van der Waals surface area (Å²) in [7, 11) is -0.0684. The van der Waals surface area contributed by atoms with Gasteiger partial charge in [0.2, 0.25) is 0 Å². The highest BCUT2D eigenvalue weighted by molar-refractivity contribution is 6.45. The van der Waals surface area contributed by atoms with E-state index in [-0.39, 0.29) is 18.3 Å². The first-order chi connectivity index (χ1) is 8.89. The van der Waals surface area contributed by atoms with E-state index in [0.717, 1.165) is 6.32 Å². The summed E-state index contributed by atoms with van der Waals surface area (Å²) in [5.41, 5.74) is 2.58. The van der Waals surface area contributed by atoms with E-state index in [2.05, 4.69) is 52.0 Å². The molecular formula is C16H23BO2. The predicted octanol–water partition coefficient (Wildman–Crippen LogP) is 3.81. The van der Waals surface area contributed by atoms with Gasteiger partial charge in [-0.1, -0.05) is 24.3 Å². The van der Waals surface area contributed by atoms with E-state index in [1.165, 1.54) is 24.0 Å². The molecule has 1 heterocycles. The molecule has 102 valence electrons. The summed E-state index contributed by atoms with van der Waals surface area (Å²) in [6.45, 7) is 8.48. The number of benzene rings is 1. The van der Waals surface area contributed by atoms with Crippen LogP contribution in [0.15, 0.2) is 24.3 Å². The van der Waals surface area contributed by atoms with Crippen molar-refractivity contribution in [2.45, 2.75) is 64.0 Å². The van der Waals surface area contributed by atoms with Crippen LogP contribution in [-0.2, 0) is 15.7 Å². The van der Waals surface area contributed by atoms with E-state index >= 15 is 0 Å². The van der Waals surface area contributed by atoms with Crippen LogP contribution in [0.25, 0.3) is 0 Å². The third-order valence-electron chi connectivity index (χ3n) is 5.04. The number of hydrogen-bond donors (Lipinski definition) is 0. The first-order valence-corrected chi connectivity index (χ1v) is 7.32. The van der Waals surface area contributed by atoms with Crippen molar-refractivity contribution in [2.24, 2.45) is 0 Å². The van der Waals surface area contributed by atoms with E-state index < -0.39 is 0 Å². The lowest BCUT2D eigenvalue weighted by molar-refractivity contribution is 0.00578. The van der Waals surface area contributed by atoms with Gasteiger partial charge in [-0.2, -0.15) is 0 Å². The molecule has 1 aliphatic carbocycles. The summed E-state index contributed by atoms with van der Waals surface area (Å²) in [5, 5.41) is 0. The molecule has 0 unspecified atom stereocenters. The number of aryl methyl sites for hydroxylation is 1. The van der Waals surface area contributed by atoms with Crippen molar-refractivity contribution in [3.63, 3.8) is 0 Å². The summed E-state index contributed by atoms with van der Waals surface area (Å²) in [6, 6.07) is 8.79. The summed E-state index contributed by atoms with van der Waals surface area (Å²) in [6.07, 6.45) is 3.40. The van der Waals surface area contributed by atoms with E-state index in [4.69, 9.17) is 9.31 Å². The Labute approximate surface area is 116 Å². The quantitative estimate of drug-likeness (QED) is 0.751. The first kappa shape index (κ1) is 13.2. The molecule has 0 spiro atoms. The first-order valence-electron chi connectivity index (χ1n) is 7.32. The Kier molecular flexibility index (Phi) is 3.03. The molecule has 0 bridgehead atoms. The van der Waals surface area contributed by atoms with E-state index in [1.54, 1.807) is 0 Å². The van der Waals surface area contributed by atoms with Crippen LogP contribution in [0.3, 0.4) is 0 Å². The molecule has 2 aliphatic rings. The minimum Gasteiger partial charge on any atom is -0.403 e. The van der Waals surface area contributed by atoms with Gasteiger partial charge in [-0.05, 0) is 63.9 Å². The maximum Gasteiger partial charge on any atom is 0.458 e. The van der Waals surface area contributed by atoms with Gasteiger partial charge < -0.3 is 9.31 Å². The summed E-state index contributed by atoms with van der Waals surface area (Å²) < 4.78 is 12.2. The highest BCUT2D eigenvalue weighted by Crippen LogP contribution is 2.42. The third-order valence-corrected chi connectivity index (χ3v) is 5.04. The Morgan fingerprint density at radius 3 is 2.42 bits per heavy atom. The molecule has 19 heavy (non-hydrogen) atoms. The average Bonchev–Trinajstić information content (AvgIpc) is 2.79. The molecule has 3 rings (SSSR count). The zero-order chi connectivity index (χ0) is 13.7. The zero-order valence-corrected chi connectivity index (χ0v) is 12.4. The van der Waals surface area contributed by atoms with Crippen molar-refractivity contribution in [1.29, 1.82) is 0 Å². The SMILES string of the molecule is CC1(C)OB(C[C@@H]2CCc3ccccc32)OC1(C)C. The molecule has 0 aromatic heterocycles. The second-order valence-corrected chi connectivity index (χ2v) is 6.86. The topological polar surface area (TPSA) is 18.5 Å². The normalized spacial score (nSPS) is 27.6. The molecule has 2 nitrogen and oxygen atoms in total. The number of rotatable bonds is 2. The van der Waals surface area contributed by atoms with Crippen LogP contribution in [0.2, 0.25) is 6.32 Å². The molecular weight excluding hydrogens is 235 g/mol. The van der Waals surface area contributed by atoms with E-state index in [0.29, 0.717) is 5.92 Å². The molecule has 0 radical (unpaired) electrons. The van der Waals surface area contributed by atoms with Gasteiger partial charge in [0, 0.05) is 0 Å². The van der Waals surface area contributed by atoms with Crippen molar-refractivity contribution < 1.29 is 9.31 Å². The predicted molar refractivity (Wildman–Crippen MR) is 78.4 cm³/mol. The lowest BCUT2D eigenvalue weighted by Gasteiger charge is -2.32. The summed E-state index contributed by atoms with van der Waals surface area (Å²) in [5.74, 6) is 0.589. The molecule has 1 fully saturated rings. The van der Waals surface area contributed by atoms with Gasteiger partial charge in [-0.15, -0.1) is 0 Å². The van der Waals surface area contributed by atoms with Gasteiger partial charge in [0.05, 0.1) is 11.2 Å². The zero-order valence-electron chi connectivity index (χ0n) is 12.4. The van der Waals surface area contributed by atoms with Crippen LogP contribution in [-0.4, -0.2) is 18.3 Å². The van der Waals surface area contributed by atoms with Crippen LogP contribution in [0.5, 0.6) is 0 Å². The fourth-order valence-corrected chi connectivity index (χ4v) is 3.18. The number of hydrogen-bond acceptors (Lipinski definition) is 2. The standard InChI is InChI=1S/C16H23BO2/c1-15(2)16(3,4)19-17(18-15)11-13-10-9-12-7-5-6-8-14(12)13/h5-8,13H,9-11H2,1-4H3/t13-/m0/s1. The fraction of sp³-hybridized carbons (Fsp3) is 0.625. The second-order valence-electron chi connectivity index (χ2n) is 6.86. The Morgan fingerprint density at radius 1 is 1.11 bits per heavy atom. The lowest BCUT2D eigenvalue weighted by atomic mass is 9.75. The maximum absolute atomic E-state index is 6.12. The minimum absolute atomic E-state index is 0.0684. The van der Waals surface area contributed by atoms with Crippen LogP contribution < -0.4 is 0 Å². The maximum atomic E-state index is 6.12. The molecule has 0 amide bonds. The molecule has 1 saturated heterocycles. The van der Waals surface area contributed by atoms with Gasteiger partial charge >= 0.3 is 7.12 Å². The third kappa shape index (κ3) is 2.23. The monoisotopic (exact) mass is 258 g/mol. The summed E-state index contributed by atoms with van der Waals surface area (Å²) in [4.78, 5) is 0. The van der Waals surface area contributed by atoms with Gasteiger partial charge in [-0.25, -0.2) is 0 Å². The van der Waals surface area contributed by atoms with Crippen LogP contribution in [0, 0.1) is 0 Å². The summed E-state index contributed by atoms with van der Waals surface area (Å²) >= 11 is 0. The highest BCUT2D eigenvalue weighted by atomic mass is 16.7. The van der Waals surface area contributed by atoms with Crippen LogP contribution in [0.4, 0.5) is 0 Å². The molecule has 1 aliphatic heterocycles. The van der Waals surface area contributed by atoms with Crippen molar-refractivity contribution in [3.8, 4) is 0 Å². The fourth-order valence-electron chi connectivity index (χ4n) is 3.18. The van der Waals surface area contributed by atoms with Crippen molar-refractivity contribution in [1.82, 2.24) is 0 Å². The van der Waals surface area contributed by atoms with Crippen molar-refractivity contribution in [3.05, 3.63) is 35.4 Å². The van der Waals surface area contributed by atoms with Crippen LogP contribution >= 0.6 is 0 Å². The average molecular weight is 258 g/mol. The van der Waals surface area contributed by atoms with E-state index in [9.17, 15) is 0 Å². The van der Waals surface area contributed by atoms with Gasteiger partial charge in [-0.3, -0.25) is 0 Å². The molecule has 1 aromatic rings. The minimum atomic E-state index is -0.213.